The lowest BCUT2D eigenvalue weighted by Gasteiger charge is -2.25. The number of rotatable bonds is 7. The maximum atomic E-state index is 13.1. The highest BCUT2D eigenvalue weighted by Gasteiger charge is 2.15. The van der Waals surface area contributed by atoms with E-state index in [4.69, 9.17) is 5.73 Å². The number of nitrogens with two attached hydrogens (primary N) is 1. The van der Waals surface area contributed by atoms with E-state index in [1.54, 1.807) is 36.4 Å². The van der Waals surface area contributed by atoms with Gasteiger partial charge in [-0.15, -0.1) is 0 Å². The second-order valence-corrected chi connectivity index (χ2v) is 6.16. The molecule has 0 aliphatic rings. The number of carbonyl (C=O) groups is 2. The Bertz CT molecular complexity index is 745. The van der Waals surface area contributed by atoms with E-state index in [1.165, 1.54) is 12.1 Å². The Labute approximate surface area is 152 Å². The van der Waals surface area contributed by atoms with E-state index < -0.39 is 5.91 Å². The van der Waals surface area contributed by atoms with Crippen molar-refractivity contribution in [3.8, 4) is 0 Å². The fraction of sp³-hybridized carbons (Fsp3) is 0.263. The number of urea groups is 1. The molecule has 0 spiro atoms. The van der Waals surface area contributed by atoms with Crippen molar-refractivity contribution in [3.05, 3.63) is 71.0 Å². The maximum absolute atomic E-state index is 13.1. The zero-order valence-electron chi connectivity index (χ0n) is 14.8. The fourth-order valence-electron chi connectivity index (χ4n) is 2.50. The van der Waals surface area contributed by atoms with Gasteiger partial charge in [0.15, 0.2) is 0 Å². The first-order valence-electron chi connectivity index (χ1n) is 8.19. The lowest BCUT2D eigenvalue weighted by molar-refractivity contribution is 0.1000. The van der Waals surface area contributed by atoms with Crippen molar-refractivity contribution in [2.45, 2.75) is 12.6 Å². The summed E-state index contributed by atoms with van der Waals surface area (Å²) >= 11 is 0. The molecule has 138 valence electrons. The predicted octanol–water partition coefficient (Wildman–Crippen LogP) is 2.03. The standard InChI is InChI=1S/C19H23FN4O2/c1-24(2)17(14-7-9-16(20)10-8-14)12-23-19(26)22-11-13-3-5-15(6-4-13)18(21)25/h3-10,17H,11-12H2,1-2H3,(H2,21,25)(H2,22,23,26). The molecule has 0 aromatic heterocycles. The first-order chi connectivity index (χ1) is 12.4. The van der Waals surface area contributed by atoms with Crippen molar-refractivity contribution in [2.75, 3.05) is 20.6 Å². The molecule has 2 aromatic carbocycles. The van der Waals surface area contributed by atoms with Crippen LogP contribution in [0.25, 0.3) is 0 Å². The molecule has 4 N–H and O–H groups in total. The van der Waals surface area contributed by atoms with Crippen LogP contribution in [0.4, 0.5) is 9.18 Å². The van der Waals surface area contributed by atoms with Crippen LogP contribution in [0.1, 0.15) is 27.5 Å². The molecule has 0 aliphatic carbocycles. The summed E-state index contributed by atoms with van der Waals surface area (Å²) in [6.45, 7) is 0.707. The number of benzene rings is 2. The monoisotopic (exact) mass is 358 g/mol. The van der Waals surface area contributed by atoms with Crippen LogP contribution in [-0.4, -0.2) is 37.5 Å². The number of hydrogen-bond acceptors (Lipinski definition) is 3. The maximum Gasteiger partial charge on any atom is 0.315 e. The third kappa shape index (κ3) is 5.56. The molecule has 0 heterocycles. The largest absolute Gasteiger partial charge is 0.366 e. The first kappa shape index (κ1) is 19.4. The Balaban J connectivity index is 1.86. The number of nitrogens with one attached hydrogen (secondary N) is 2. The van der Waals surface area contributed by atoms with Gasteiger partial charge in [-0.05, 0) is 49.5 Å². The lowest BCUT2D eigenvalue weighted by atomic mass is 10.1. The number of carbonyl (C=O) groups excluding carboxylic acids is 2. The minimum Gasteiger partial charge on any atom is -0.366 e. The van der Waals surface area contributed by atoms with Gasteiger partial charge in [0.05, 0.1) is 6.04 Å². The van der Waals surface area contributed by atoms with Crippen molar-refractivity contribution in [1.82, 2.24) is 15.5 Å². The van der Waals surface area contributed by atoms with Crippen LogP contribution in [0.3, 0.4) is 0 Å². The summed E-state index contributed by atoms with van der Waals surface area (Å²) in [4.78, 5) is 25.0. The van der Waals surface area contributed by atoms with Gasteiger partial charge in [0, 0.05) is 18.7 Å². The third-order valence-electron chi connectivity index (χ3n) is 4.03. The van der Waals surface area contributed by atoms with Crippen LogP contribution in [-0.2, 0) is 6.54 Å². The smallest absolute Gasteiger partial charge is 0.315 e. The molecule has 0 aliphatic heterocycles. The van der Waals surface area contributed by atoms with Crippen LogP contribution in [0.2, 0.25) is 0 Å². The topological polar surface area (TPSA) is 87.5 Å². The Kier molecular flexibility index (Phi) is 6.68. The van der Waals surface area contributed by atoms with Crippen molar-refractivity contribution in [2.24, 2.45) is 5.73 Å². The van der Waals surface area contributed by atoms with E-state index in [-0.39, 0.29) is 17.9 Å². The number of halogens is 1. The summed E-state index contributed by atoms with van der Waals surface area (Å²) in [5.74, 6) is -0.780. The van der Waals surface area contributed by atoms with Crippen molar-refractivity contribution in [1.29, 1.82) is 0 Å². The lowest BCUT2D eigenvalue weighted by Crippen LogP contribution is -2.40. The highest BCUT2D eigenvalue weighted by atomic mass is 19.1. The van der Waals surface area contributed by atoms with E-state index in [9.17, 15) is 14.0 Å². The van der Waals surface area contributed by atoms with Crippen molar-refractivity contribution < 1.29 is 14.0 Å². The second kappa shape index (κ2) is 8.96. The first-order valence-corrected chi connectivity index (χ1v) is 8.19. The molecule has 0 bridgehead atoms. The number of hydrogen-bond donors (Lipinski definition) is 3. The minimum absolute atomic E-state index is 0.0730. The summed E-state index contributed by atoms with van der Waals surface area (Å²) in [5, 5.41) is 5.58. The van der Waals surface area contributed by atoms with Crippen LogP contribution in [0.15, 0.2) is 48.5 Å². The molecule has 1 atom stereocenters. The van der Waals surface area contributed by atoms with Gasteiger partial charge >= 0.3 is 6.03 Å². The summed E-state index contributed by atoms with van der Waals surface area (Å²) in [7, 11) is 3.79. The average molecular weight is 358 g/mol. The van der Waals surface area contributed by atoms with Crippen molar-refractivity contribution in [3.63, 3.8) is 0 Å². The molecule has 2 rings (SSSR count). The van der Waals surface area contributed by atoms with Gasteiger partial charge < -0.3 is 21.3 Å². The Morgan fingerprint density at radius 3 is 2.19 bits per heavy atom. The van der Waals surface area contributed by atoms with Crippen LogP contribution >= 0.6 is 0 Å². The number of primary amides is 1. The van der Waals surface area contributed by atoms with E-state index in [1.807, 2.05) is 19.0 Å². The predicted molar refractivity (Wildman–Crippen MR) is 98.0 cm³/mol. The van der Waals surface area contributed by atoms with Crippen molar-refractivity contribution >= 4 is 11.9 Å². The van der Waals surface area contributed by atoms with Gasteiger partial charge in [-0.3, -0.25) is 4.79 Å². The van der Waals surface area contributed by atoms with E-state index in [0.29, 0.717) is 18.7 Å². The molecule has 3 amide bonds. The van der Waals surface area contributed by atoms with Gasteiger partial charge in [0.2, 0.25) is 5.91 Å². The molecule has 6 nitrogen and oxygen atoms in total. The summed E-state index contributed by atoms with van der Waals surface area (Å²) < 4.78 is 13.1. The normalized spacial score (nSPS) is 11.8. The van der Waals surface area contributed by atoms with Crippen LogP contribution < -0.4 is 16.4 Å². The van der Waals surface area contributed by atoms with E-state index in [0.717, 1.165) is 11.1 Å². The average Bonchev–Trinajstić information content (AvgIpc) is 2.61. The summed E-state index contributed by atoms with van der Waals surface area (Å²) in [5.41, 5.74) is 7.38. The highest BCUT2D eigenvalue weighted by molar-refractivity contribution is 5.92. The van der Waals surface area contributed by atoms with Gasteiger partial charge in [-0.1, -0.05) is 24.3 Å². The molecule has 0 radical (unpaired) electrons. The number of likely N-dealkylation sites (N-methyl/N-ethyl adjacent to an activating group) is 1. The number of amides is 3. The molecule has 0 fully saturated rings. The van der Waals surface area contributed by atoms with Crippen LogP contribution in [0, 0.1) is 5.82 Å². The molecular formula is C19H23FN4O2. The molecule has 7 heteroatoms. The number of nitrogens with zero attached hydrogens (tertiary/aromatic N) is 1. The molecule has 0 saturated heterocycles. The zero-order valence-corrected chi connectivity index (χ0v) is 14.8. The third-order valence-corrected chi connectivity index (χ3v) is 4.03. The Hall–Kier alpha value is -2.93. The molecule has 1 unspecified atom stereocenters. The summed E-state index contributed by atoms with van der Waals surface area (Å²) in [6.07, 6.45) is 0. The SMILES string of the molecule is CN(C)C(CNC(=O)NCc1ccc(C(N)=O)cc1)c1ccc(F)cc1. The van der Waals surface area contributed by atoms with Gasteiger partial charge in [-0.2, -0.15) is 0 Å². The molecular weight excluding hydrogens is 335 g/mol. The van der Waals surface area contributed by atoms with E-state index in [2.05, 4.69) is 10.6 Å². The Morgan fingerprint density at radius 1 is 1.04 bits per heavy atom. The fourth-order valence-corrected chi connectivity index (χ4v) is 2.50. The van der Waals surface area contributed by atoms with Gasteiger partial charge in [-0.25, -0.2) is 9.18 Å². The zero-order chi connectivity index (χ0) is 19.1. The quantitative estimate of drug-likeness (QED) is 0.708. The molecule has 26 heavy (non-hydrogen) atoms. The van der Waals surface area contributed by atoms with Gasteiger partial charge in [0.25, 0.3) is 0 Å². The second-order valence-electron chi connectivity index (χ2n) is 6.16. The Morgan fingerprint density at radius 2 is 1.65 bits per heavy atom. The van der Waals surface area contributed by atoms with Crippen LogP contribution in [0.5, 0.6) is 0 Å². The van der Waals surface area contributed by atoms with Gasteiger partial charge in [0.1, 0.15) is 5.82 Å². The van der Waals surface area contributed by atoms with E-state index >= 15 is 0 Å². The molecule has 2 aromatic rings. The summed E-state index contributed by atoms with van der Waals surface area (Å²) in [6, 6.07) is 12.6. The molecule has 0 saturated carbocycles. The minimum atomic E-state index is -0.488. The highest BCUT2D eigenvalue weighted by Crippen LogP contribution is 2.17.